The number of hydrogen-bond donors (Lipinski definition) is 0. The van der Waals surface area contributed by atoms with Crippen molar-refractivity contribution in [2.45, 2.75) is 37.8 Å². The van der Waals surface area contributed by atoms with Gasteiger partial charge in [-0.05, 0) is 36.0 Å². The molecule has 1 unspecified atom stereocenters. The molecule has 29 heavy (non-hydrogen) atoms. The van der Waals surface area contributed by atoms with Crippen LogP contribution < -0.4 is 5.69 Å². The van der Waals surface area contributed by atoms with Crippen molar-refractivity contribution in [3.63, 3.8) is 0 Å². The van der Waals surface area contributed by atoms with Crippen LogP contribution >= 0.6 is 0 Å². The van der Waals surface area contributed by atoms with Crippen molar-refractivity contribution < 1.29 is 4.79 Å². The summed E-state index contributed by atoms with van der Waals surface area (Å²) in [5, 5.41) is 4.33. The van der Waals surface area contributed by atoms with Gasteiger partial charge >= 0.3 is 5.69 Å². The fourth-order valence-electron chi connectivity index (χ4n) is 4.96. The Bertz CT molecular complexity index is 1130. The second-order valence-electron chi connectivity index (χ2n) is 8.10. The van der Waals surface area contributed by atoms with Gasteiger partial charge in [0, 0.05) is 20.1 Å². The molecule has 148 valence electrons. The molecular formula is C23H24N4O2. The highest BCUT2D eigenvalue weighted by Crippen LogP contribution is 2.43. The van der Waals surface area contributed by atoms with Crippen molar-refractivity contribution in [2.24, 2.45) is 7.05 Å². The number of hydrogen-bond acceptors (Lipinski definition) is 3. The van der Waals surface area contributed by atoms with Gasteiger partial charge in [0.05, 0.1) is 12.0 Å². The van der Waals surface area contributed by atoms with Crippen molar-refractivity contribution in [3.05, 3.63) is 87.6 Å². The van der Waals surface area contributed by atoms with Crippen LogP contribution in [0.1, 0.15) is 28.9 Å². The normalized spacial score (nSPS) is 20.4. The molecule has 2 aliphatic rings. The van der Waals surface area contributed by atoms with Gasteiger partial charge in [0.1, 0.15) is 0 Å². The van der Waals surface area contributed by atoms with Gasteiger partial charge in [-0.15, -0.1) is 0 Å². The number of benzene rings is 2. The summed E-state index contributed by atoms with van der Waals surface area (Å²) in [6, 6.07) is 18.6. The minimum absolute atomic E-state index is 0.114. The number of aromatic nitrogens is 3. The van der Waals surface area contributed by atoms with Crippen LogP contribution in [0.3, 0.4) is 0 Å². The Morgan fingerprint density at radius 2 is 1.83 bits per heavy atom. The lowest BCUT2D eigenvalue weighted by Gasteiger charge is -2.37. The van der Waals surface area contributed by atoms with Crippen LogP contribution in [0.4, 0.5) is 0 Å². The van der Waals surface area contributed by atoms with E-state index in [2.05, 4.69) is 35.4 Å². The molecular weight excluding hydrogens is 364 g/mol. The summed E-state index contributed by atoms with van der Waals surface area (Å²) in [4.78, 5) is 28.1. The number of amides is 1. The molecule has 1 aliphatic heterocycles. The topological polar surface area (TPSA) is 60.1 Å². The van der Waals surface area contributed by atoms with Gasteiger partial charge in [0.2, 0.25) is 5.91 Å². The fourth-order valence-corrected chi connectivity index (χ4v) is 4.96. The Morgan fingerprint density at radius 1 is 1.07 bits per heavy atom. The van der Waals surface area contributed by atoms with Crippen molar-refractivity contribution in [2.75, 3.05) is 6.54 Å². The molecule has 1 atom stereocenters. The highest BCUT2D eigenvalue weighted by Gasteiger charge is 2.47. The van der Waals surface area contributed by atoms with Crippen LogP contribution in [0.2, 0.25) is 0 Å². The van der Waals surface area contributed by atoms with Gasteiger partial charge in [-0.3, -0.25) is 9.36 Å². The van der Waals surface area contributed by atoms with Gasteiger partial charge in [-0.2, -0.15) is 5.10 Å². The fraction of sp³-hybridized carbons (Fsp3) is 0.348. The Hall–Kier alpha value is -3.15. The van der Waals surface area contributed by atoms with E-state index in [9.17, 15) is 9.59 Å². The summed E-state index contributed by atoms with van der Waals surface area (Å²) >= 11 is 0. The summed E-state index contributed by atoms with van der Waals surface area (Å²) in [5.41, 5.74) is 2.91. The predicted molar refractivity (Wildman–Crippen MR) is 109 cm³/mol. The molecule has 2 aromatic carbocycles. The first-order valence-corrected chi connectivity index (χ1v) is 10.1. The quantitative estimate of drug-likeness (QED) is 0.690. The molecule has 1 amide bonds. The summed E-state index contributed by atoms with van der Waals surface area (Å²) in [6.45, 7) is 1.42. The molecule has 0 saturated heterocycles. The Morgan fingerprint density at radius 3 is 2.66 bits per heavy atom. The monoisotopic (exact) mass is 388 g/mol. The zero-order chi connectivity index (χ0) is 20.0. The van der Waals surface area contributed by atoms with Crippen LogP contribution in [0, 0.1) is 0 Å². The van der Waals surface area contributed by atoms with Gasteiger partial charge in [-0.1, -0.05) is 54.6 Å². The molecule has 6 nitrogen and oxygen atoms in total. The SMILES string of the molecule is Cn1nc2n(c1=O)CCN(C(=O)C1(Cc3ccccc3)CCc3ccccc31)C2. The molecule has 2 heterocycles. The predicted octanol–water partition coefficient (Wildman–Crippen LogP) is 2.05. The number of aryl methyl sites for hydroxylation is 2. The molecule has 0 bridgehead atoms. The minimum atomic E-state index is -0.560. The maximum atomic E-state index is 14.0. The lowest BCUT2D eigenvalue weighted by molar-refractivity contribution is -0.139. The number of carbonyl (C=O) groups excluding carboxylic acids is 1. The molecule has 0 N–H and O–H groups in total. The largest absolute Gasteiger partial charge is 0.345 e. The van der Waals surface area contributed by atoms with Crippen LogP contribution in [0.5, 0.6) is 0 Å². The number of nitrogens with zero attached hydrogens (tertiary/aromatic N) is 4. The first-order chi connectivity index (χ1) is 14.1. The molecule has 1 aromatic heterocycles. The highest BCUT2D eigenvalue weighted by atomic mass is 16.2. The van der Waals surface area contributed by atoms with Gasteiger partial charge in [-0.25, -0.2) is 9.48 Å². The summed E-state index contributed by atoms with van der Waals surface area (Å²) in [5.74, 6) is 0.814. The second-order valence-corrected chi connectivity index (χ2v) is 8.10. The van der Waals surface area contributed by atoms with E-state index in [-0.39, 0.29) is 11.6 Å². The first-order valence-electron chi connectivity index (χ1n) is 10.1. The third kappa shape index (κ3) is 2.82. The lowest BCUT2D eigenvalue weighted by Crippen LogP contribution is -2.50. The maximum Gasteiger partial charge on any atom is 0.345 e. The molecule has 0 saturated carbocycles. The van der Waals surface area contributed by atoms with Gasteiger partial charge < -0.3 is 4.90 Å². The molecule has 6 heteroatoms. The third-order valence-corrected chi connectivity index (χ3v) is 6.41. The maximum absolute atomic E-state index is 14.0. The van der Waals surface area contributed by atoms with E-state index in [1.165, 1.54) is 15.8 Å². The summed E-state index contributed by atoms with van der Waals surface area (Å²) in [7, 11) is 1.66. The van der Waals surface area contributed by atoms with Crippen molar-refractivity contribution in [1.29, 1.82) is 0 Å². The highest BCUT2D eigenvalue weighted by molar-refractivity contribution is 5.90. The number of fused-ring (bicyclic) bond motifs is 2. The van der Waals surface area contributed by atoms with Crippen LogP contribution in [-0.2, 0) is 43.2 Å². The second kappa shape index (κ2) is 6.72. The molecule has 0 fully saturated rings. The molecule has 5 rings (SSSR count). The number of rotatable bonds is 3. The van der Waals surface area contributed by atoms with E-state index in [0.717, 1.165) is 18.4 Å². The Kier molecular flexibility index (Phi) is 4.15. The lowest BCUT2D eigenvalue weighted by atomic mass is 9.75. The van der Waals surface area contributed by atoms with Crippen molar-refractivity contribution in [1.82, 2.24) is 19.2 Å². The van der Waals surface area contributed by atoms with Crippen molar-refractivity contribution >= 4 is 5.91 Å². The summed E-state index contributed by atoms with van der Waals surface area (Å²) < 4.78 is 3.03. The van der Waals surface area contributed by atoms with Crippen molar-refractivity contribution in [3.8, 4) is 0 Å². The molecule has 0 radical (unpaired) electrons. The smallest absolute Gasteiger partial charge is 0.333 e. The third-order valence-electron chi connectivity index (χ3n) is 6.41. The average Bonchev–Trinajstić information content (AvgIpc) is 3.26. The van der Waals surface area contributed by atoms with Crippen LogP contribution in [0.25, 0.3) is 0 Å². The number of carbonyl (C=O) groups is 1. The van der Waals surface area contributed by atoms with E-state index in [0.29, 0.717) is 31.9 Å². The van der Waals surface area contributed by atoms with Gasteiger partial charge in [0.15, 0.2) is 5.82 Å². The van der Waals surface area contributed by atoms with E-state index in [4.69, 9.17) is 0 Å². The zero-order valence-electron chi connectivity index (χ0n) is 16.5. The molecule has 0 spiro atoms. The van der Waals surface area contributed by atoms with Crippen LogP contribution in [0.15, 0.2) is 59.4 Å². The Labute approximate surface area is 169 Å². The molecule has 3 aromatic rings. The van der Waals surface area contributed by atoms with Crippen LogP contribution in [-0.4, -0.2) is 31.7 Å². The summed E-state index contributed by atoms with van der Waals surface area (Å²) in [6.07, 6.45) is 2.41. The minimum Gasteiger partial charge on any atom is -0.333 e. The zero-order valence-corrected chi connectivity index (χ0v) is 16.5. The van der Waals surface area contributed by atoms with E-state index < -0.39 is 5.41 Å². The van der Waals surface area contributed by atoms with E-state index in [1.807, 2.05) is 29.2 Å². The average molecular weight is 388 g/mol. The van der Waals surface area contributed by atoms with Gasteiger partial charge in [0.25, 0.3) is 0 Å². The first kappa shape index (κ1) is 17.9. The Balaban J connectivity index is 1.54. The van der Waals surface area contributed by atoms with E-state index >= 15 is 0 Å². The van der Waals surface area contributed by atoms with E-state index in [1.54, 1.807) is 11.6 Å². The standard InChI is InChI=1S/C23H24N4O2/c1-25-22(29)27-14-13-26(16-20(27)24-25)21(28)23(15-17-7-3-2-4-8-17)12-11-18-9-5-6-10-19(18)23/h2-10H,11-16H2,1H3. The molecule has 1 aliphatic carbocycles.